The van der Waals surface area contributed by atoms with Crippen molar-refractivity contribution in [1.82, 2.24) is 23.9 Å². The molecule has 4 aromatic heterocycles. The van der Waals surface area contributed by atoms with Crippen molar-refractivity contribution in [1.29, 1.82) is 0 Å². The van der Waals surface area contributed by atoms with Crippen molar-refractivity contribution in [2.75, 3.05) is 6.61 Å². The highest BCUT2D eigenvalue weighted by atomic mass is 35.5. The molecular formula is C25H26ClN5O3. The fourth-order valence-corrected chi connectivity index (χ4v) is 6.64. The molecule has 5 heterocycles. The van der Waals surface area contributed by atoms with Crippen molar-refractivity contribution in [2.24, 2.45) is 11.3 Å². The van der Waals surface area contributed by atoms with E-state index in [-0.39, 0.29) is 23.7 Å². The third kappa shape index (κ3) is 2.76. The van der Waals surface area contributed by atoms with Crippen molar-refractivity contribution in [3.8, 4) is 5.75 Å². The number of hydrogen-bond acceptors (Lipinski definition) is 6. The van der Waals surface area contributed by atoms with Gasteiger partial charge in [-0.15, -0.1) is 0 Å². The molecule has 8 nitrogen and oxygen atoms in total. The number of fused-ring (bicyclic) bond motifs is 5. The summed E-state index contributed by atoms with van der Waals surface area (Å²) in [6, 6.07) is 6.08. The lowest BCUT2D eigenvalue weighted by Crippen LogP contribution is -2.51. The van der Waals surface area contributed by atoms with E-state index in [2.05, 4.69) is 30.1 Å². The van der Waals surface area contributed by atoms with Crippen LogP contribution in [0.2, 0.25) is 5.15 Å². The van der Waals surface area contributed by atoms with E-state index in [1.54, 1.807) is 0 Å². The third-order valence-electron chi connectivity index (χ3n) is 8.06. The topological polar surface area (TPSA) is 75.7 Å². The molecule has 1 saturated heterocycles. The van der Waals surface area contributed by atoms with Crippen LogP contribution >= 0.6 is 11.6 Å². The SMILES string of the molecule is Cc1cnc2cc(OC[C@@]34CC[C@@H]3[C@@H](n3ccc5c(Cl)ncnc53)[C@@H]3OC(C)(C)O[C@@H]34)ccn12. The van der Waals surface area contributed by atoms with Crippen molar-refractivity contribution < 1.29 is 14.2 Å². The lowest BCUT2D eigenvalue weighted by Gasteiger charge is -2.49. The highest BCUT2D eigenvalue weighted by molar-refractivity contribution is 6.33. The molecule has 3 fully saturated rings. The molecule has 2 aliphatic carbocycles. The average Bonchev–Trinajstić information content (AvgIpc) is 3.50. The molecule has 0 spiro atoms. The van der Waals surface area contributed by atoms with E-state index in [0.29, 0.717) is 17.7 Å². The highest BCUT2D eigenvalue weighted by Gasteiger charge is 2.71. The maximum absolute atomic E-state index is 6.55. The molecule has 0 amide bonds. The van der Waals surface area contributed by atoms with Crippen LogP contribution in [-0.4, -0.2) is 48.5 Å². The predicted octanol–water partition coefficient (Wildman–Crippen LogP) is 4.59. The molecule has 176 valence electrons. The zero-order valence-electron chi connectivity index (χ0n) is 19.3. The van der Waals surface area contributed by atoms with Crippen molar-refractivity contribution in [3.05, 3.63) is 54.0 Å². The molecular weight excluding hydrogens is 454 g/mol. The quantitative estimate of drug-likeness (QED) is 0.398. The van der Waals surface area contributed by atoms with Gasteiger partial charge in [0.2, 0.25) is 0 Å². The predicted molar refractivity (Wildman–Crippen MR) is 126 cm³/mol. The molecule has 1 aliphatic heterocycles. The van der Waals surface area contributed by atoms with Gasteiger partial charge in [-0.3, -0.25) is 0 Å². The summed E-state index contributed by atoms with van der Waals surface area (Å²) in [7, 11) is 0. The molecule has 0 unspecified atom stereocenters. The number of nitrogens with zero attached hydrogens (tertiary/aromatic N) is 5. The number of pyridine rings is 1. The van der Waals surface area contributed by atoms with Crippen LogP contribution in [0.15, 0.2) is 43.1 Å². The Labute approximate surface area is 201 Å². The number of hydrogen-bond donors (Lipinski definition) is 0. The Balaban J connectivity index is 1.25. The second kappa shape index (κ2) is 6.93. The van der Waals surface area contributed by atoms with Crippen LogP contribution in [-0.2, 0) is 9.47 Å². The minimum absolute atomic E-state index is 0.0570. The van der Waals surface area contributed by atoms with E-state index in [9.17, 15) is 0 Å². The van der Waals surface area contributed by atoms with Crippen LogP contribution in [0.4, 0.5) is 0 Å². The number of rotatable bonds is 4. The van der Waals surface area contributed by atoms with Gasteiger partial charge >= 0.3 is 0 Å². The molecule has 0 N–H and O–H groups in total. The first-order valence-corrected chi connectivity index (χ1v) is 12.1. The maximum atomic E-state index is 6.55. The Morgan fingerprint density at radius 2 is 2.06 bits per heavy atom. The van der Waals surface area contributed by atoms with Crippen LogP contribution in [0, 0.1) is 18.3 Å². The first-order chi connectivity index (χ1) is 16.4. The van der Waals surface area contributed by atoms with Gasteiger partial charge in [-0.25, -0.2) is 15.0 Å². The van der Waals surface area contributed by atoms with Crippen LogP contribution < -0.4 is 4.74 Å². The van der Waals surface area contributed by atoms with Gasteiger partial charge in [0.1, 0.15) is 34.6 Å². The number of aromatic nitrogens is 5. The number of ether oxygens (including phenoxy) is 3. The average molecular weight is 480 g/mol. The molecule has 34 heavy (non-hydrogen) atoms. The lowest BCUT2D eigenvalue weighted by atomic mass is 9.60. The molecule has 3 aliphatic rings. The normalized spacial score (nSPS) is 31.5. The van der Waals surface area contributed by atoms with Gasteiger partial charge in [0, 0.05) is 35.8 Å². The summed E-state index contributed by atoms with van der Waals surface area (Å²) in [5.41, 5.74) is 2.69. The first-order valence-electron chi connectivity index (χ1n) is 11.8. The van der Waals surface area contributed by atoms with Crippen LogP contribution in [0.25, 0.3) is 16.7 Å². The fraction of sp³-hybridized carbons (Fsp3) is 0.480. The Morgan fingerprint density at radius 3 is 2.88 bits per heavy atom. The fourth-order valence-electron chi connectivity index (χ4n) is 6.45. The Bertz CT molecular complexity index is 1430. The summed E-state index contributed by atoms with van der Waals surface area (Å²) in [6.07, 6.45) is 9.44. The summed E-state index contributed by atoms with van der Waals surface area (Å²) >= 11 is 6.35. The summed E-state index contributed by atoms with van der Waals surface area (Å²) in [4.78, 5) is 13.2. The molecule has 4 aromatic rings. The van der Waals surface area contributed by atoms with E-state index in [1.807, 2.05) is 51.4 Å². The van der Waals surface area contributed by atoms with Gasteiger partial charge in [-0.05, 0) is 51.7 Å². The standard InChI is InChI=1S/C25H26ClN5O3/c1-14-11-27-18-10-15(5-8-30(14)18)32-12-25-7-4-17(25)19(20-21(25)34-24(2,3)33-20)31-9-6-16-22(26)28-13-29-23(16)31/h5-6,8-11,13,17,19-21H,4,7,12H2,1-3H3/t17-,19-,20+,21+,25+/m1/s1. The van der Waals surface area contributed by atoms with Gasteiger partial charge in [0.25, 0.3) is 0 Å². The highest BCUT2D eigenvalue weighted by Crippen LogP contribution is 2.66. The van der Waals surface area contributed by atoms with Crippen molar-refractivity contribution >= 4 is 28.3 Å². The number of halogens is 1. The molecule has 2 saturated carbocycles. The summed E-state index contributed by atoms with van der Waals surface area (Å²) in [5, 5.41) is 1.32. The summed E-state index contributed by atoms with van der Waals surface area (Å²) in [6.45, 7) is 6.59. The van der Waals surface area contributed by atoms with Gasteiger partial charge < -0.3 is 23.2 Å². The first kappa shape index (κ1) is 20.7. The molecule has 9 heteroatoms. The smallest absolute Gasteiger partial charge is 0.163 e. The van der Waals surface area contributed by atoms with Crippen LogP contribution in [0.5, 0.6) is 5.75 Å². The second-order valence-corrected chi connectivity index (χ2v) is 10.7. The largest absolute Gasteiger partial charge is 0.493 e. The molecule has 5 atom stereocenters. The summed E-state index contributed by atoms with van der Waals surface area (Å²) in [5.74, 6) is 0.519. The number of imidazole rings is 1. The maximum Gasteiger partial charge on any atom is 0.163 e. The van der Waals surface area contributed by atoms with Gasteiger partial charge in [0.05, 0.1) is 24.1 Å². The molecule has 7 rings (SSSR count). The van der Waals surface area contributed by atoms with E-state index in [4.69, 9.17) is 25.8 Å². The molecule has 0 radical (unpaired) electrons. The zero-order chi connectivity index (χ0) is 23.2. The van der Waals surface area contributed by atoms with Gasteiger partial charge in [-0.1, -0.05) is 11.6 Å². The minimum Gasteiger partial charge on any atom is -0.493 e. The van der Waals surface area contributed by atoms with Crippen LogP contribution in [0.3, 0.4) is 0 Å². The lowest BCUT2D eigenvalue weighted by molar-refractivity contribution is -0.196. The van der Waals surface area contributed by atoms with Gasteiger partial charge in [0.15, 0.2) is 5.79 Å². The number of aryl methyl sites for hydroxylation is 1. The summed E-state index contributed by atoms with van der Waals surface area (Å²) < 4.78 is 23.8. The zero-order valence-corrected chi connectivity index (χ0v) is 20.1. The van der Waals surface area contributed by atoms with Gasteiger partial charge in [-0.2, -0.15) is 0 Å². The van der Waals surface area contributed by atoms with Crippen molar-refractivity contribution in [3.63, 3.8) is 0 Å². The molecule has 0 bridgehead atoms. The van der Waals surface area contributed by atoms with E-state index >= 15 is 0 Å². The van der Waals surface area contributed by atoms with E-state index < -0.39 is 5.79 Å². The van der Waals surface area contributed by atoms with Crippen LogP contribution in [0.1, 0.15) is 38.4 Å². The Morgan fingerprint density at radius 1 is 1.18 bits per heavy atom. The van der Waals surface area contributed by atoms with Crippen molar-refractivity contribution in [2.45, 2.75) is 57.6 Å². The monoisotopic (exact) mass is 479 g/mol. The second-order valence-electron chi connectivity index (χ2n) is 10.3. The Hall–Kier alpha value is -2.68. The van der Waals surface area contributed by atoms with E-state index in [0.717, 1.165) is 41.0 Å². The third-order valence-corrected chi connectivity index (χ3v) is 8.36. The van der Waals surface area contributed by atoms with E-state index in [1.165, 1.54) is 6.33 Å². The molecule has 0 aromatic carbocycles. The Kier molecular flexibility index (Phi) is 4.21. The minimum atomic E-state index is -0.650.